The Morgan fingerprint density at radius 1 is 1.00 bits per heavy atom. The van der Waals surface area contributed by atoms with Crippen LogP contribution in [0.25, 0.3) is 22.0 Å². The van der Waals surface area contributed by atoms with E-state index in [0.717, 1.165) is 16.5 Å². The summed E-state index contributed by atoms with van der Waals surface area (Å²) >= 11 is 0. The number of methoxy groups -OCH3 is 1. The van der Waals surface area contributed by atoms with E-state index >= 15 is 0 Å². The Balaban J connectivity index is 1.86. The molecule has 0 bridgehead atoms. The number of aromatic nitrogens is 1. The van der Waals surface area contributed by atoms with E-state index in [9.17, 15) is 14.3 Å². The average molecular weight is 389 g/mol. The number of aliphatic hydroxyl groups excluding tert-OH is 1. The number of aliphatic hydroxyl groups is 1. The van der Waals surface area contributed by atoms with Gasteiger partial charge in [-0.05, 0) is 41.0 Å². The summed E-state index contributed by atoms with van der Waals surface area (Å²) in [6.45, 7) is 0.0448. The van der Waals surface area contributed by atoms with Gasteiger partial charge in [0.05, 0.1) is 25.3 Å². The van der Waals surface area contributed by atoms with Crippen LogP contribution in [0.15, 0.2) is 83.7 Å². The second-order valence-corrected chi connectivity index (χ2v) is 6.82. The molecule has 0 aliphatic heterocycles. The Morgan fingerprint density at radius 2 is 1.72 bits per heavy atom. The Morgan fingerprint density at radius 3 is 2.41 bits per heavy atom. The minimum atomic E-state index is -0.953. The fraction of sp³-hybridized carbons (Fsp3) is 0.125. The summed E-state index contributed by atoms with van der Waals surface area (Å²) in [6.07, 6.45) is -0.953. The molecule has 4 rings (SSSR count). The smallest absolute Gasteiger partial charge is 0.251 e. The van der Waals surface area contributed by atoms with Crippen LogP contribution in [0.5, 0.6) is 5.75 Å². The lowest BCUT2D eigenvalue weighted by atomic mass is 10.0. The molecule has 4 nitrogen and oxygen atoms in total. The van der Waals surface area contributed by atoms with Gasteiger partial charge in [-0.1, -0.05) is 42.5 Å². The molecule has 0 radical (unpaired) electrons. The second kappa shape index (κ2) is 7.89. The van der Waals surface area contributed by atoms with Crippen LogP contribution in [0.2, 0.25) is 0 Å². The number of benzene rings is 3. The fourth-order valence-electron chi connectivity index (χ4n) is 3.50. The Labute approximate surface area is 167 Å². The lowest BCUT2D eigenvalue weighted by molar-refractivity contribution is 0.156. The molecule has 146 valence electrons. The van der Waals surface area contributed by atoms with E-state index in [1.54, 1.807) is 19.2 Å². The number of rotatable bonds is 5. The lowest BCUT2D eigenvalue weighted by Crippen LogP contribution is -2.23. The Kier molecular flexibility index (Phi) is 5.14. The lowest BCUT2D eigenvalue weighted by Gasteiger charge is -2.18. The number of nitrogens with zero attached hydrogens (tertiary/aromatic N) is 1. The standard InChI is InChI=1S/C24H20FNO3/c1-29-19-11-12-20-21(16-5-3-2-4-6-16)14-24(28)26(22(20)13-19)15-23(27)17-7-9-18(25)10-8-17/h2-14,23,27H,15H2,1H3. The molecule has 1 unspecified atom stereocenters. The number of hydrogen-bond acceptors (Lipinski definition) is 3. The monoisotopic (exact) mass is 389 g/mol. The first-order valence-corrected chi connectivity index (χ1v) is 9.27. The summed E-state index contributed by atoms with van der Waals surface area (Å²) in [4.78, 5) is 13.0. The van der Waals surface area contributed by atoms with Gasteiger partial charge >= 0.3 is 0 Å². The van der Waals surface area contributed by atoms with Crippen LogP contribution in [0, 0.1) is 5.82 Å². The molecule has 0 saturated heterocycles. The van der Waals surface area contributed by atoms with Crippen molar-refractivity contribution < 1.29 is 14.2 Å². The molecule has 0 aliphatic carbocycles. The molecular weight excluding hydrogens is 369 g/mol. The first kappa shape index (κ1) is 18.9. The van der Waals surface area contributed by atoms with Gasteiger partial charge in [-0.25, -0.2) is 4.39 Å². The SMILES string of the molecule is COc1ccc2c(-c3ccccc3)cc(=O)n(CC(O)c3ccc(F)cc3)c2c1. The zero-order chi connectivity index (χ0) is 20.4. The van der Waals surface area contributed by atoms with Crippen molar-refractivity contribution >= 4 is 10.9 Å². The molecule has 5 heteroatoms. The third kappa shape index (κ3) is 3.77. The van der Waals surface area contributed by atoms with Crippen molar-refractivity contribution in [3.05, 3.63) is 101 Å². The molecule has 1 N–H and O–H groups in total. The van der Waals surface area contributed by atoms with Crippen molar-refractivity contribution in [3.63, 3.8) is 0 Å². The summed E-state index contributed by atoms with van der Waals surface area (Å²) in [6, 6.07) is 22.4. The normalized spacial score (nSPS) is 12.1. The molecule has 0 saturated carbocycles. The van der Waals surface area contributed by atoms with Crippen LogP contribution >= 0.6 is 0 Å². The van der Waals surface area contributed by atoms with Crippen LogP contribution in [0.4, 0.5) is 4.39 Å². The molecule has 0 fully saturated rings. The van der Waals surface area contributed by atoms with E-state index in [4.69, 9.17) is 4.74 Å². The molecule has 3 aromatic carbocycles. The van der Waals surface area contributed by atoms with Gasteiger partial charge in [0.15, 0.2) is 0 Å². The molecule has 1 atom stereocenters. The molecular formula is C24H20FNO3. The molecule has 4 aromatic rings. The molecule has 1 aromatic heterocycles. The summed E-state index contributed by atoms with van der Waals surface area (Å²) in [5, 5.41) is 11.5. The first-order valence-electron chi connectivity index (χ1n) is 9.27. The number of ether oxygens (including phenoxy) is 1. The highest BCUT2D eigenvalue weighted by Crippen LogP contribution is 2.30. The minimum absolute atomic E-state index is 0.0448. The van der Waals surface area contributed by atoms with Gasteiger partial charge in [-0.2, -0.15) is 0 Å². The first-order chi connectivity index (χ1) is 14.1. The summed E-state index contributed by atoms with van der Waals surface area (Å²) in [7, 11) is 1.57. The highest BCUT2D eigenvalue weighted by molar-refractivity contribution is 5.95. The third-order valence-electron chi connectivity index (χ3n) is 5.01. The van der Waals surface area contributed by atoms with Crippen LogP contribution in [0.1, 0.15) is 11.7 Å². The molecule has 1 heterocycles. The number of pyridine rings is 1. The van der Waals surface area contributed by atoms with Gasteiger partial charge in [0.25, 0.3) is 5.56 Å². The Hall–Kier alpha value is -3.44. The van der Waals surface area contributed by atoms with E-state index < -0.39 is 6.10 Å². The van der Waals surface area contributed by atoms with Crippen LogP contribution in [0.3, 0.4) is 0 Å². The van der Waals surface area contributed by atoms with E-state index in [1.807, 2.05) is 42.5 Å². The van der Waals surface area contributed by atoms with Crippen molar-refractivity contribution in [3.8, 4) is 16.9 Å². The fourth-order valence-corrected chi connectivity index (χ4v) is 3.50. The zero-order valence-corrected chi connectivity index (χ0v) is 15.9. The summed E-state index contributed by atoms with van der Waals surface area (Å²) in [5.74, 6) is 0.243. The third-order valence-corrected chi connectivity index (χ3v) is 5.01. The van der Waals surface area contributed by atoms with Crippen molar-refractivity contribution in [1.29, 1.82) is 0 Å². The molecule has 0 spiro atoms. The predicted octanol–water partition coefficient (Wildman–Crippen LogP) is 4.55. The predicted molar refractivity (Wildman–Crippen MR) is 112 cm³/mol. The minimum Gasteiger partial charge on any atom is -0.497 e. The molecule has 0 amide bonds. The zero-order valence-electron chi connectivity index (χ0n) is 15.9. The van der Waals surface area contributed by atoms with Gasteiger partial charge < -0.3 is 14.4 Å². The average Bonchev–Trinajstić information content (AvgIpc) is 2.76. The van der Waals surface area contributed by atoms with Gasteiger partial charge in [-0.3, -0.25) is 4.79 Å². The topological polar surface area (TPSA) is 51.5 Å². The van der Waals surface area contributed by atoms with Crippen molar-refractivity contribution in [2.45, 2.75) is 12.6 Å². The maximum Gasteiger partial charge on any atom is 0.251 e. The van der Waals surface area contributed by atoms with Crippen LogP contribution in [-0.4, -0.2) is 16.8 Å². The van der Waals surface area contributed by atoms with Crippen molar-refractivity contribution in [1.82, 2.24) is 4.57 Å². The van der Waals surface area contributed by atoms with Crippen molar-refractivity contribution in [2.75, 3.05) is 7.11 Å². The molecule has 0 aliphatic rings. The maximum absolute atomic E-state index is 13.2. The quantitative estimate of drug-likeness (QED) is 0.545. The summed E-state index contributed by atoms with van der Waals surface area (Å²) in [5.41, 5.74) is 2.73. The molecule has 29 heavy (non-hydrogen) atoms. The largest absolute Gasteiger partial charge is 0.497 e. The van der Waals surface area contributed by atoms with Gasteiger partial charge in [-0.15, -0.1) is 0 Å². The highest BCUT2D eigenvalue weighted by Gasteiger charge is 2.15. The number of fused-ring (bicyclic) bond motifs is 1. The van der Waals surface area contributed by atoms with E-state index in [-0.39, 0.29) is 17.9 Å². The second-order valence-electron chi connectivity index (χ2n) is 6.82. The maximum atomic E-state index is 13.2. The van der Waals surface area contributed by atoms with Crippen molar-refractivity contribution in [2.24, 2.45) is 0 Å². The van der Waals surface area contributed by atoms with Gasteiger partial charge in [0, 0.05) is 17.5 Å². The van der Waals surface area contributed by atoms with E-state index in [0.29, 0.717) is 16.8 Å². The van der Waals surface area contributed by atoms with Crippen LogP contribution < -0.4 is 10.3 Å². The van der Waals surface area contributed by atoms with Gasteiger partial charge in [0.2, 0.25) is 0 Å². The Bertz CT molecular complexity index is 1200. The number of hydrogen-bond donors (Lipinski definition) is 1. The number of halogens is 1. The van der Waals surface area contributed by atoms with Gasteiger partial charge in [0.1, 0.15) is 11.6 Å². The highest BCUT2D eigenvalue weighted by atomic mass is 19.1. The van der Waals surface area contributed by atoms with Crippen LogP contribution in [-0.2, 0) is 6.54 Å². The van der Waals surface area contributed by atoms with E-state index in [1.165, 1.54) is 28.8 Å². The van der Waals surface area contributed by atoms with E-state index in [2.05, 4.69) is 0 Å². The summed E-state index contributed by atoms with van der Waals surface area (Å²) < 4.78 is 20.1.